The highest BCUT2D eigenvalue weighted by Crippen LogP contribution is 2.58. The molecule has 0 saturated carbocycles. The van der Waals surface area contributed by atoms with Gasteiger partial charge in [0.1, 0.15) is 0 Å². The minimum atomic E-state index is 1.06. The average Bonchev–Trinajstić information content (AvgIpc) is 1.50. The minimum Gasteiger partial charge on any atom is -0.310 e. The molecule has 8 heteroatoms. The maximum Gasteiger partial charge on any atom is 0.0643 e. The van der Waals surface area contributed by atoms with Gasteiger partial charge in [0, 0.05) is 142 Å². The van der Waals surface area contributed by atoms with E-state index >= 15 is 0 Å². The van der Waals surface area contributed by atoms with Crippen LogP contribution in [-0.4, -0.2) is 17.6 Å². The molecular weight excluding hydrogens is 1510 g/mol. The van der Waals surface area contributed by atoms with E-state index in [2.05, 4.69) is 462 Å². The van der Waals surface area contributed by atoms with Crippen LogP contribution in [0, 0.1) is 0 Å². The Balaban J connectivity index is 0.679. The first-order valence-corrected chi connectivity index (χ1v) is 42.8. The van der Waals surface area contributed by atoms with Gasteiger partial charge < -0.3 is 37.2 Å². The summed E-state index contributed by atoms with van der Waals surface area (Å²) in [6.07, 6.45) is 0. The third-order valence-electron chi connectivity index (χ3n) is 27.0. The predicted octanol–water partition coefficient (Wildman–Crippen LogP) is 32.1. The Hall–Kier alpha value is -16.7. The van der Waals surface area contributed by atoms with Crippen molar-refractivity contribution >= 4 is 242 Å². The van der Waals surface area contributed by atoms with Gasteiger partial charge in [0.2, 0.25) is 0 Å². The molecule has 28 rings (SSSR count). The second kappa shape index (κ2) is 25.4. The SMILES string of the molecule is c1ccc(N(c2ccccc2)c2ccc3c4cc5cc6c(cc5cc4n4c5ccccc5c2c34)c2ccc(N(c3ccccc3)c3cccc(-c4cc5c7ccccc7n7c5c(c4)c4cc(N(c5ccccc5)c5ccccc5)c5c(c(N(c8ccccc8)c8ccccc8)cc8c9cccc%10c%11ccccc%11n(c%109)c85)c47)c3)c3c4ccccc4n6c23)cc1. The zero-order chi connectivity index (χ0) is 80.7. The van der Waals surface area contributed by atoms with Crippen LogP contribution in [0.4, 0.5) is 68.2 Å². The number of hydrogen-bond donors (Lipinski definition) is 0. The highest BCUT2D eigenvalue weighted by molar-refractivity contribution is 6.39. The summed E-state index contributed by atoms with van der Waals surface area (Å²) in [6, 6.07) is 159. The van der Waals surface area contributed by atoms with Gasteiger partial charge in [-0.2, -0.15) is 0 Å². The molecule has 8 nitrogen and oxygen atoms in total. The van der Waals surface area contributed by atoms with E-state index in [0.717, 1.165) is 107 Å². The topological polar surface area (TPSA) is 30.6 Å². The van der Waals surface area contributed by atoms with Crippen LogP contribution in [-0.2, 0) is 0 Å². The number of rotatable bonds is 13. The summed E-state index contributed by atoms with van der Waals surface area (Å²) in [5, 5.41) is 24.1. The van der Waals surface area contributed by atoms with Crippen molar-refractivity contribution in [2.75, 3.05) is 19.6 Å². The molecule has 0 spiro atoms. The zero-order valence-corrected chi connectivity index (χ0v) is 67.0. The van der Waals surface area contributed by atoms with Gasteiger partial charge in [-0.05, 0) is 204 Å². The number of aromatic nitrogens is 4. The Bertz CT molecular complexity index is 9120. The van der Waals surface area contributed by atoms with Crippen LogP contribution in [0.1, 0.15) is 0 Å². The minimum absolute atomic E-state index is 1.06. The fraction of sp³-hybridized carbons (Fsp3) is 0. The quantitative estimate of drug-likeness (QED) is 0.115. The second-order valence-corrected chi connectivity index (χ2v) is 33.4. The van der Waals surface area contributed by atoms with Gasteiger partial charge in [0.05, 0.1) is 88.9 Å². The first-order chi connectivity index (χ1) is 61.6. The summed E-state index contributed by atoms with van der Waals surface area (Å²) >= 11 is 0. The summed E-state index contributed by atoms with van der Waals surface area (Å²) < 4.78 is 10.3. The molecule has 0 amide bonds. The van der Waals surface area contributed by atoms with Crippen molar-refractivity contribution in [2.45, 2.75) is 0 Å². The molecule has 0 unspecified atom stereocenters. The van der Waals surface area contributed by atoms with Gasteiger partial charge in [-0.3, -0.25) is 0 Å². The second-order valence-electron chi connectivity index (χ2n) is 33.4. The molecule has 0 bridgehead atoms. The molecule has 0 fully saturated rings. The van der Waals surface area contributed by atoms with Crippen LogP contribution < -0.4 is 19.6 Å². The number of nitrogens with zero attached hydrogens (tertiary/aromatic N) is 8. The van der Waals surface area contributed by atoms with E-state index in [1.54, 1.807) is 0 Å². The van der Waals surface area contributed by atoms with Gasteiger partial charge in [-0.15, -0.1) is 0 Å². The molecule has 0 aliphatic heterocycles. The predicted molar refractivity (Wildman–Crippen MR) is 524 cm³/mol. The summed E-state index contributed by atoms with van der Waals surface area (Å²) in [5.41, 5.74) is 29.5. The van der Waals surface area contributed by atoms with E-state index in [4.69, 9.17) is 0 Å². The third-order valence-corrected chi connectivity index (χ3v) is 27.0. The fourth-order valence-electron chi connectivity index (χ4n) is 22.1. The maximum absolute atomic E-state index is 2.64. The molecule has 0 aliphatic rings. The molecule has 28 aromatic rings. The molecule has 20 aromatic carbocycles. The molecule has 0 atom stereocenters. The molecule has 574 valence electrons. The fourth-order valence-corrected chi connectivity index (χ4v) is 22.1. The molecule has 8 aromatic heterocycles. The lowest BCUT2D eigenvalue weighted by atomic mass is 9.94. The van der Waals surface area contributed by atoms with E-state index in [0.29, 0.717) is 0 Å². The normalized spacial score (nSPS) is 12.4. The Morgan fingerprint density at radius 2 is 0.419 bits per heavy atom. The first kappa shape index (κ1) is 67.2. The van der Waals surface area contributed by atoms with E-state index in [1.165, 1.54) is 147 Å². The summed E-state index contributed by atoms with van der Waals surface area (Å²) in [4.78, 5) is 9.98. The molecule has 124 heavy (non-hydrogen) atoms. The van der Waals surface area contributed by atoms with Gasteiger partial charge in [-0.1, -0.05) is 243 Å². The lowest BCUT2D eigenvalue weighted by Gasteiger charge is -2.31. The average molecular weight is 1580 g/mol. The van der Waals surface area contributed by atoms with Gasteiger partial charge in [-0.25, -0.2) is 0 Å². The highest BCUT2D eigenvalue weighted by Gasteiger charge is 2.34. The Morgan fingerprint density at radius 1 is 0.137 bits per heavy atom. The number of fused-ring (bicyclic) bond motifs is 28. The van der Waals surface area contributed by atoms with Crippen molar-refractivity contribution in [1.29, 1.82) is 0 Å². The van der Waals surface area contributed by atoms with Crippen LogP contribution in [0.3, 0.4) is 0 Å². The Kier molecular flexibility index (Phi) is 13.8. The highest BCUT2D eigenvalue weighted by atomic mass is 15.2. The molecule has 8 heterocycles. The van der Waals surface area contributed by atoms with Gasteiger partial charge >= 0.3 is 0 Å². The van der Waals surface area contributed by atoms with E-state index in [-0.39, 0.29) is 0 Å². The van der Waals surface area contributed by atoms with Crippen LogP contribution in [0.25, 0.3) is 185 Å². The van der Waals surface area contributed by atoms with E-state index < -0.39 is 0 Å². The molecular formula is C116H70N8. The number of para-hydroxylation sites is 12. The summed E-state index contributed by atoms with van der Waals surface area (Å²) in [6.45, 7) is 0. The maximum atomic E-state index is 2.64. The summed E-state index contributed by atoms with van der Waals surface area (Å²) in [7, 11) is 0. The van der Waals surface area contributed by atoms with Gasteiger partial charge in [0.15, 0.2) is 0 Å². The monoisotopic (exact) mass is 1570 g/mol. The van der Waals surface area contributed by atoms with Crippen LogP contribution in [0.15, 0.2) is 425 Å². The number of anilines is 12. The van der Waals surface area contributed by atoms with Gasteiger partial charge in [0.25, 0.3) is 0 Å². The Morgan fingerprint density at radius 3 is 0.839 bits per heavy atom. The van der Waals surface area contributed by atoms with Crippen molar-refractivity contribution in [1.82, 2.24) is 17.6 Å². The molecule has 0 saturated heterocycles. The largest absolute Gasteiger partial charge is 0.310 e. The van der Waals surface area contributed by atoms with Crippen molar-refractivity contribution in [3.8, 4) is 11.1 Å². The van der Waals surface area contributed by atoms with Crippen LogP contribution in [0.5, 0.6) is 0 Å². The first-order valence-electron chi connectivity index (χ1n) is 42.8. The van der Waals surface area contributed by atoms with E-state index in [9.17, 15) is 0 Å². The lowest BCUT2D eigenvalue weighted by molar-refractivity contribution is 1.28. The lowest BCUT2D eigenvalue weighted by Crippen LogP contribution is -2.13. The smallest absolute Gasteiger partial charge is 0.0643 e. The number of benzene rings is 20. The molecule has 0 N–H and O–H groups in total. The molecule has 0 aliphatic carbocycles. The van der Waals surface area contributed by atoms with Crippen LogP contribution >= 0.6 is 0 Å². The standard InChI is InChI=1S/C116H70N8/c1-8-33-75(34-9-1)117(76-35-10-2-11-36-76)101-60-58-87-91-63-73-68-104-92(64-74(73)67-103(91)121-99-56-28-24-50-89(99)107(101)113(87)121)88-59-61-102(108-90-51-25-29-57-100(90)122(104)114(88)108)120(81-45-20-7-21-46-81)82-47-30-32-71(62-82)72-65-93-84-49-23-27-55-98(84)124-112(93)94(66-72)96-70-106(119(79-41-16-5-17-42-79)80-43-18-6-19-44-80)109-110(116(96)124)105(118(77-37-12-3-13-38-77)78-39-14-4-15-40-78)69-95-86-53-31-52-85-83-48-22-26-54-97(83)123(111(85)86)115(95)109/h1-70H. The Labute approximate surface area is 710 Å². The van der Waals surface area contributed by atoms with E-state index in [1.807, 2.05) is 0 Å². The number of hydrogen-bond acceptors (Lipinski definition) is 4. The summed E-state index contributed by atoms with van der Waals surface area (Å²) in [5.74, 6) is 0. The molecule has 0 radical (unpaired) electrons. The van der Waals surface area contributed by atoms with Crippen molar-refractivity contribution in [3.05, 3.63) is 425 Å². The third kappa shape index (κ3) is 9.18. The van der Waals surface area contributed by atoms with Crippen molar-refractivity contribution < 1.29 is 0 Å². The van der Waals surface area contributed by atoms with Crippen LogP contribution in [0.2, 0.25) is 0 Å². The van der Waals surface area contributed by atoms with Crippen molar-refractivity contribution in [2.24, 2.45) is 0 Å². The van der Waals surface area contributed by atoms with Crippen molar-refractivity contribution in [3.63, 3.8) is 0 Å². The zero-order valence-electron chi connectivity index (χ0n) is 67.0.